The van der Waals surface area contributed by atoms with Crippen LogP contribution in [0.5, 0.6) is 0 Å². The quantitative estimate of drug-likeness (QED) is 0.197. The predicted octanol–water partition coefficient (Wildman–Crippen LogP) is 4.38. The third kappa shape index (κ3) is 8.47. The van der Waals surface area contributed by atoms with Crippen LogP contribution in [0.1, 0.15) is 48.4 Å². The maximum atomic E-state index is 13.5. The SMILES string of the molecule is CC(=O)N[C@H]1O[C@H](COC(=O)c2ccccc2)[C@@H](OC(=O)c2ccccc2)[C@H](OC(=O)c2ccccc2)[C@H]1OC(=O)c1ccccc1. The molecule has 1 aliphatic rings. The summed E-state index contributed by atoms with van der Waals surface area (Å²) in [5.74, 6) is -3.74. The summed E-state index contributed by atoms with van der Waals surface area (Å²) in [6.07, 6.45) is -7.27. The van der Waals surface area contributed by atoms with E-state index in [0.29, 0.717) is 0 Å². The molecule has 1 heterocycles. The lowest BCUT2D eigenvalue weighted by molar-refractivity contribution is -0.235. The molecule has 11 nitrogen and oxygen atoms in total. The molecule has 1 N–H and O–H groups in total. The second-order valence-corrected chi connectivity index (χ2v) is 10.5. The van der Waals surface area contributed by atoms with Gasteiger partial charge in [0.2, 0.25) is 5.91 Å². The first-order valence-corrected chi connectivity index (χ1v) is 14.7. The average Bonchev–Trinajstić information content (AvgIpc) is 3.10. The zero-order valence-electron chi connectivity index (χ0n) is 25.2. The fourth-order valence-electron chi connectivity index (χ4n) is 4.88. The van der Waals surface area contributed by atoms with Crippen LogP contribution in [0.4, 0.5) is 0 Å². The fraction of sp³-hybridized carbons (Fsp3) is 0.194. The van der Waals surface area contributed by atoms with Gasteiger partial charge in [-0.25, -0.2) is 19.2 Å². The van der Waals surface area contributed by atoms with Crippen molar-refractivity contribution in [2.75, 3.05) is 6.61 Å². The summed E-state index contributed by atoms with van der Waals surface area (Å²) in [6.45, 7) is 0.728. The number of benzene rings is 4. The second-order valence-electron chi connectivity index (χ2n) is 10.5. The van der Waals surface area contributed by atoms with Crippen molar-refractivity contribution in [2.45, 2.75) is 37.6 Å². The van der Waals surface area contributed by atoms with Gasteiger partial charge < -0.3 is 29.0 Å². The number of hydrogen-bond donors (Lipinski definition) is 1. The van der Waals surface area contributed by atoms with Gasteiger partial charge in [0.25, 0.3) is 0 Å². The van der Waals surface area contributed by atoms with Gasteiger partial charge in [-0.05, 0) is 48.5 Å². The van der Waals surface area contributed by atoms with E-state index in [0.717, 1.165) is 0 Å². The Balaban J connectivity index is 1.54. The molecule has 47 heavy (non-hydrogen) atoms. The zero-order chi connectivity index (χ0) is 33.2. The van der Waals surface area contributed by atoms with Crippen LogP contribution < -0.4 is 5.32 Å². The number of esters is 4. The maximum Gasteiger partial charge on any atom is 0.338 e. The standard InChI is InChI=1S/C36H31NO10/c1-23(38)37-32-31(47-36(42)27-20-12-5-13-21-27)30(46-35(41)26-18-10-4-11-19-26)29(45-34(40)25-16-8-3-9-17-25)28(44-32)22-43-33(39)24-14-6-2-7-15-24/h2-21,28-32H,22H2,1H3,(H,37,38)/t28-,29-,30+,31-,32+/m1/s1. The van der Waals surface area contributed by atoms with Crippen LogP contribution in [0.3, 0.4) is 0 Å². The Bertz CT molecular complexity index is 1680. The molecule has 11 heteroatoms. The third-order valence-electron chi connectivity index (χ3n) is 7.13. The Morgan fingerprint density at radius 2 is 0.894 bits per heavy atom. The van der Waals surface area contributed by atoms with E-state index < -0.39 is 67.0 Å². The highest BCUT2D eigenvalue weighted by Crippen LogP contribution is 2.30. The van der Waals surface area contributed by atoms with Crippen molar-refractivity contribution < 1.29 is 47.7 Å². The Hall–Kier alpha value is -5.81. The lowest BCUT2D eigenvalue weighted by Gasteiger charge is -2.44. The maximum absolute atomic E-state index is 13.5. The summed E-state index contributed by atoms with van der Waals surface area (Å²) < 4.78 is 29.4. The van der Waals surface area contributed by atoms with E-state index in [-0.39, 0.29) is 22.3 Å². The van der Waals surface area contributed by atoms with Crippen molar-refractivity contribution in [3.8, 4) is 0 Å². The molecular formula is C36H31NO10. The third-order valence-corrected chi connectivity index (χ3v) is 7.13. The summed E-state index contributed by atoms with van der Waals surface area (Å²) in [4.78, 5) is 65.5. The molecule has 1 amide bonds. The molecule has 1 aliphatic heterocycles. The van der Waals surface area contributed by atoms with Gasteiger partial charge in [0.15, 0.2) is 24.5 Å². The Morgan fingerprint density at radius 3 is 1.30 bits per heavy atom. The number of hydrogen-bond acceptors (Lipinski definition) is 10. The lowest BCUT2D eigenvalue weighted by Crippen LogP contribution is -2.66. The molecule has 4 aromatic rings. The first-order chi connectivity index (χ1) is 22.8. The highest BCUT2D eigenvalue weighted by molar-refractivity contribution is 5.91. The largest absolute Gasteiger partial charge is 0.459 e. The molecule has 5 rings (SSSR count). The van der Waals surface area contributed by atoms with Crippen LogP contribution in [0, 0.1) is 0 Å². The summed E-state index contributed by atoms with van der Waals surface area (Å²) in [5.41, 5.74) is 0.742. The molecule has 4 aromatic carbocycles. The fourth-order valence-corrected chi connectivity index (χ4v) is 4.88. The summed E-state index contributed by atoms with van der Waals surface area (Å²) in [5, 5.41) is 2.58. The van der Waals surface area contributed by atoms with Crippen molar-refractivity contribution in [3.63, 3.8) is 0 Å². The van der Waals surface area contributed by atoms with Gasteiger partial charge in [-0.15, -0.1) is 0 Å². The number of rotatable bonds is 10. The van der Waals surface area contributed by atoms with Gasteiger partial charge in [0.05, 0.1) is 22.3 Å². The first kappa shape index (κ1) is 32.6. The van der Waals surface area contributed by atoms with E-state index in [1.54, 1.807) is 84.9 Å². The van der Waals surface area contributed by atoms with Gasteiger partial charge in [0, 0.05) is 6.92 Å². The number of carbonyl (C=O) groups excluding carboxylic acids is 5. The minimum Gasteiger partial charge on any atom is -0.459 e. The van der Waals surface area contributed by atoms with Gasteiger partial charge in [-0.3, -0.25) is 4.79 Å². The molecule has 0 saturated carbocycles. The van der Waals surface area contributed by atoms with Crippen molar-refractivity contribution in [3.05, 3.63) is 144 Å². The van der Waals surface area contributed by atoms with Crippen molar-refractivity contribution in [2.24, 2.45) is 0 Å². The molecule has 0 aliphatic carbocycles. The van der Waals surface area contributed by atoms with E-state index in [9.17, 15) is 24.0 Å². The van der Waals surface area contributed by atoms with Crippen molar-refractivity contribution in [1.82, 2.24) is 5.32 Å². The first-order valence-electron chi connectivity index (χ1n) is 14.7. The van der Waals surface area contributed by atoms with Crippen LogP contribution in [-0.4, -0.2) is 67.0 Å². The second kappa shape index (κ2) is 15.5. The Labute approximate surface area is 270 Å². The topological polar surface area (TPSA) is 144 Å². The molecule has 0 bridgehead atoms. The number of nitrogens with one attached hydrogen (secondary N) is 1. The minimum absolute atomic E-state index is 0.156. The molecule has 0 spiro atoms. The zero-order valence-corrected chi connectivity index (χ0v) is 25.2. The molecule has 1 saturated heterocycles. The summed E-state index contributed by atoms with van der Waals surface area (Å²) in [7, 11) is 0. The van der Waals surface area contributed by atoms with Crippen LogP contribution >= 0.6 is 0 Å². The molecule has 0 unspecified atom stereocenters. The van der Waals surface area contributed by atoms with E-state index >= 15 is 0 Å². The van der Waals surface area contributed by atoms with Gasteiger partial charge >= 0.3 is 23.9 Å². The molecule has 5 atom stereocenters. The van der Waals surface area contributed by atoms with Gasteiger partial charge in [-0.1, -0.05) is 72.8 Å². The Morgan fingerprint density at radius 1 is 0.532 bits per heavy atom. The van der Waals surface area contributed by atoms with E-state index in [1.165, 1.54) is 43.3 Å². The Kier molecular flexibility index (Phi) is 10.7. The number of carbonyl (C=O) groups is 5. The van der Waals surface area contributed by atoms with Gasteiger partial charge in [-0.2, -0.15) is 0 Å². The molecular weight excluding hydrogens is 606 g/mol. The number of ether oxygens (including phenoxy) is 5. The minimum atomic E-state index is -1.55. The lowest BCUT2D eigenvalue weighted by atomic mass is 9.96. The summed E-state index contributed by atoms with van der Waals surface area (Å²) in [6, 6.07) is 32.2. The molecule has 0 aromatic heterocycles. The molecule has 1 fully saturated rings. The molecule has 0 radical (unpaired) electrons. The van der Waals surface area contributed by atoms with E-state index in [1.807, 2.05) is 0 Å². The van der Waals surface area contributed by atoms with Crippen LogP contribution in [-0.2, 0) is 28.5 Å². The average molecular weight is 638 g/mol. The van der Waals surface area contributed by atoms with Crippen LogP contribution in [0.2, 0.25) is 0 Å². The predicted molar refractivity (Wildman–Crippen MR) is 166 cm³/mol. The normalized spacial score (nSPS) is 20.2. The van der Waals surface area contributed by atoms with E-state index in [4.69, 9.17) is 23.7 Å². The highest BCUT2D eigenvalue weighted by Gasteiger charge is 2.53. The molecule has 240 valence electrons. The van der Waals surface area contributed by atoms with Crippen molar-refractivity contribution >= 4 is 29.8 Å². The highest BCUT2D eigenvalue weighted by atomic mass is 16.7. The summed E-state index contributed by atoms with van der Waals surface area (Å²) >= 11 is 0. The van der Waals surface area contributed by atoms with Crippen LogP contribution in [0.25, 0.3) is 0 Å². The number of amides is 1. The van der Waals surface area contributed by atoms with Crippen LogP contribution in [0.15, 0.2) is 121 Å². The van der Waals surface area contributed by atoms with Gasteiger partial charge in [0.1, 0.15) is 12.7 Å². The smallest absolute Gasteiger partial charge is 0.338 e. The van der Waals surface area contributed by atoms with Crippen molar-refractivity contribution in [1.29, 1.82) is 0 Å². The van der Waals surface area contributed by atoms with E-state index in [2.05, 4.69) is 5.32 Å². The monoisotopic (exact) mass is 637 g/mol.